The first-order valence-electron chi connectivity index (χ1n) is 7.63. The quantitative estimate of drug-likeness (QED) is 0.791. The number of carbonyl (C=O) groups excluding carboxylic acids is 2. The first-order valence-corrected chi connectivity index (χ1v) is 8.01. The first kappa shape index (κ1) is 17.0. The summed E-state index contributed by atoms with van der Waals surface area (Å²) in [5.41, 5.74) is 0.328. The summed E-state index contributed by atoms with van der Waals surface area (Å²) in [6.45, 7) is 2.06. The minimum absolute atomic E-state index is 0.00404. The molecule has 22 heavy (non-hydrogen) atoms. The zero-order chi connectivity index (χ0) is 16.2. The van der Waals surface area contributed by atoms with Crippen molar-refractivity contribution >= 4 is 23.3 Å². The third-order valence-corrected chi connectivity index (χ3v) is 4.78. The highest BCUT2D eigenvalue weighted by molar-refractivity contribution is 6.30. The van der Waals surface area contributed by atoms with Crippen LogP contribution < -0.4 is 5.32 Å². The van der Waals surface area contributed by atoms with Crippen LogP contribution in [0.4, 0.5) is 0 Å². The highest BCUT2D eigenvalue weighted by Gasteiger charge is 2.38. The van der Waals surface area contributed by atoms with E-state index in [2.05, 4.69) is 5.32 Å². The van der Waals surface area contributed by atoms with Crippen molar-refractivity contribution in [3.63, 3.8) is 0 Å². The number of benzene rings is 1. The molecule has 0 spiro atoms. The maximum absolute atomic E-state index is 12.0. The Labute approximate surface area is 135 Å². The monoisotopic (exact) mass is 323 g/mol. The molecular weight excluding hydrogens is 302 g/mol. The van der Waals surface area contributed by atoms with Crippen LogP contribution in [0.15, 0.2) is 24.3 Å². The van der Waals surface area contributed by atoms with Crippen molar-refractivity contribution in [1.82, 2.24) is 5.32 Å². The molecule has 0 radical (unpaired) electrons. The van der Waals surface area contributed by atoms with Crippen LogP contribution in [0.1, 0.15) is 49.4 Å². The van der Waals surface area contributed by atoms with E-state index in [1.807, 2.05) is 6.92 Å². The number of Topliss-reactive ketones (excluding diaryl/α,β-unsaturated/α-hetero) is 1. The van der Waals surface area contributed by atoms with E-state index in [9.17, 15) is 14.7 Å². The lowest BCUT2D eigenvalue weighted by molar-refractivity contribution is -0.122. The fourth-order valence-electron chi connectivity index (χ4n) is 2.94. The van der Waals surface area contributed by atoms with Gasteiger partial charge >= 0.3 is 0 Å². The second-order valence-electron chi connectivity index (χ2n) is 6.25. The summed E-state index contributed by atoms with van der Waals surface area (Å²) >= 11 is 5.78. The molecule has 0 aliphatic heterocycles. The van der Waals surface area contributed by atoms with Gasteiger partial charge in [-0.25, -0.2) is 0 Å². The summed E-state index contributed by atoms with van der Waals surface area (Å²) in [5, 5.41) is 13.0. The summed E-state index contributed by atoms with van der Waals surface area (Å²) < 4.78 is 0. The largest absolute Gasteiger partial charge is 0.396 e. The lowest BCUT2D eigenvalue weighted by atomic mass is 9.85. The number of hydrogen-bond acceptors (Lipinski definition) is 3. The normalized spacial score (nSPS) is 24.2. The molecule has 0 aromatic heterocycles. The van der Waals surface area contributed by atoms with Crippen LogP contribution in [0.3, 0.4) is 0 Å². The maximum atomic E-state index is 12.0. The van der Waals surface area contributed by atoms with Crippen LogP contribution in [0.2, 0.25) is 5.02 Å². The Morgan fingerprint density at radius 2 is 2.00 bits per heavy atom. The smallest absolute Gasteiger partial charge is 0.220 e. The molecule has 4 nitrogen and oxygen atoms in total. The van der Waals surface area contributed by atoms with Gasteiger partial charge in [-0.3, -0.25) is 9.59 Å². The minimum Gasteiger partial charge on any atom is -0.396 e. The lowest BCUT2D eigenvalue weighted by Gasteiger charge is -2.30. The van der Waals surface area contributed by atoms with Crippen molar-refractivity contribution in [3.05, 3.63) is 34.9 Å². The Balaban J connectivity index is 1.83. The minimum atomic E-state index is -0.240. The SMILES string of the molecule is CC1(CO)CCCC1NC(=O)CCC(=O)c1ccc(Cl)cc1. The van der Waals surface area contributed by atoms with E-state index >= 15 is 0 Å². The first-order chi connectivity index (χ1) is 10.4. The fraction of sp³-hybridized carbons (Fsp3) is 0.529. The van der Waals surface area contributed by atoms with Crippen LogP contribution in [0.5, 0.6) is 0 Å². The second kappa shape index (κ2) is 7.25. The van der Waals surface area contributed by atoms with Gasteiger partial charge in [0.2, 0.25) is 5.91 Å². The summed E-state index contributed by atoms with van der Waals surface area (Å²) in [6, 6.07) is 6.67. The van der Waals surface area contributed by atoms with Crippen LogP contribution in [-0.4, -0.2) is 29.4 Å². The van der Waals surface area contributed by atoms with Gasteiger partial charge in [0.1, 0.15) is 0 Å². The number of ketones is 1. The third kappa shape index (κ3) is 4.08. The number of carbonyl (C=O) groups is 2. The van der Waals surface area contributed by atoms with Crippen molar-refractivity contribution in [1.29, 1.82) is 0 Å². The number of rotatable bonds is 6. The van der Waals surface area contributed by atoms with Crippen molar-refractivity contribution in [2.75, 3.05) is 6.61 Å². The predicted molar refractivity (Wildman–Crippen MR) is 86.0 cm³/mol. The van der Waals surface area contributed by atoms with Crippen molar-refractivity contribution in [2.45, 2.75) is 45.1 Å². The predicted octanol–water partition coefficient (Wildman–Crippen LogP) is 2.97. The molecule has 2 atom stereocenters. The number of hydrogen-bond donors (Lipinski definition) is 2. The Hall–Kier alpha value is -1.39. The van der Waals surface area contributed by atoms with Gasteiger partial charge in [-0.2, -0.15) is 0 Å². The van der Waals surface area contributed by atoms with Gasteiger partial charge in [0.15, 0.2) is 5.78 Å². The molecule has 1 amide bonds. The summed E-state index contributed by atoms with van der Waals surface area (Å²) in [6.07, 6.45) is 3.15. The summed E-state index contributed by atoms with van der Waals surface area (Å²) in [7, 11) is 0. The Bertz CT molecular complexity index is 543. The number of nitrogens with one attached hydrogen (secondary N) is 1. The van der Waals surface area contributed by atoms with E-state index < -0.39 is 0 Å². The van der Waals surface area contributed by atoms with Gasteiger partial charge in [0.05, 0.1) is 6.61 Å². The average Bonchev–Trinajstić information content (AvgIpc) is 2.87. The maximum Gasteiger partial charge on any atom is 0.220 e. The highest BCUT2D eigenvalue weighted by Crippen LogP contribution is 2.37. The Kier molecular flexibility index (Phi) is 5.59. The molecule has 1 fully saturated rings. The van der Waals surface area contributed by atoms with Gasteiger partial charge in [-0.1, -0.05) is 24.9 Å². The standard InChI is InChI=1S/C17H22ClNO3/c1-17(11-20)10-2-3-15(17)19-16(22)9-8-14(21)12-4-6-13(18)7-5-12/h4-7,15,20H,2-3,8-11H2,1H3,(H,19,22). The Morgan fingerprint density at radius 1 is 1.32 bits per heavy atom. The van der Waals surface area contributed by atoms with E-state index in [4.69, 9.17) is 11.6 Å². The lowest BCUT2D eigenvalue weighted by Crippen LogP contribution is -2.44. The van der Waals surface area contributed by atoms with Gasteiger partial charge in [-0.15, -0.1) is 0 Å². The van der Waals surface area contributed by atoms with Crippen molar-refractivity contribution < 1.29 is 14.7 Å². The van der Waals surface area contributed by atoms with Crippen molar-refractivity contribution in [2.24, 2.45) is 5.41 Å². The Morgan fingerprint density at radius 3 is 2.64 bits per heavy atom. The van der Waals surface area contributed by atoms with Crippen molar-refractivity contribution in [3.8, 4) is 0 Å². The van der Waals surface area contributed by atoms with Gasteiger partial charge in [0, 0.05) is 34.9 Å². The molecular formula is C17H22ClNO3. The number of amides is 1. The van der Waals surface area contributed by atoms with Crippen LogP contribution in [-0.2, 0) is 4.79 Å². The molecule has 1 aliphatic carbocycles. The molecule has 0 bridgehead atoms. The van der Waals surface area contributed by atoms with E-state index in [-0.39, 0.29) is 42.6 Å². The summed E-state index contributed by atoms with van der Waals surface area (Å²) in [4.78, 5) is 24.0. The van der Waals surface area contributed by atoms with Crippen LogP contribution >= 0.6 is 11.6 Å². The average molecular weight is 324 g/mol. The van der Waals surface area contributed by atoms with E-state index in [1.54, 1.807) is 24.3 Å². The molecule has 120 valence electrons. The zero-order valence-electron chi connectivity index (χ0n) is 12.8. The van der Waals surface area contributed by atoms with Crippen LogP contribution in [0.25, 0.3) is 0 Å². The second-order valence-corrected chi connectivity index (χ2v) is 6.69. The zero-order valence-corrected chi connectivity index (χ0v) is 13.5. The molecule has 1 aliphatic rings. The molecule has 1 saturated carbocycles. The molecule has 0 saturated heterocycles. The number of aliphatic hydroxyl groups is 1. The van der Waals surface area contributed by atoms with E-state index in [0.717, 1.165) is 19.3 Å². The fourth-order valence-corrected chi connectivity index (χ4v) is 3.07. The molecule has 2 N–H and O–H groups in total. The highest BCUT2D eigenvalue weighted by atomic mass is 35.5. The molecule has 1 aromatic carbocycles. The van der Waals surface area contributed by atoms with E-state index in [1.165, 1.54) is 0 Å². The van der Waals surface area contributed by atoms with Crippen LogP contribution in [0, 0.1) is 5.41 Å². The number of halogens is 1. The summed E-state index contributed by atoms with van der Waals surface area (Å²) in [5.74, 6) is -0.197. The van der Waals surface area contributed by atoms with Gasteiger partial charge in [0.25, 0.3) is 0 Å². The molecule has 1 aromatic rings. The molecule has 2 unspecified atom stereocenters. The molecule has 2 rings (SSSR count). The molecule has 5 heteroatoms. The van der Waals surface area contributed by atoms with Gasteiger partial charge < -0.3 is 10.4 Å². The van der Waals surface area contributed by atoms with E-state index in [0.29, 0.717) is 10.6 Å². The topological polar surface area (TPSA) is 66.4 Å². The number of aliphatic hydroxyl groups excluding tert-OH is 1. The van der Waals surface area contributed by atoms with Gasteiger partial charge in [-0.05, 0) is 37.1 Å². The molecule has 0 heterocycles. The third-order valence-electron chi connectivity index (χ3n) is 4.52.